The first-order valence-electron chi connectivity index (χ1n) is 5.14. The third-order valence-electron chi connectivity index (χ3n) is 2.17. The number of hydrogen-bond acceptors (Lipinski definition) is 5. The summed E-state index contributed by atoms with van der Waals surface area (Å²) in [5, 5.41) is 2.91. The van der Waals surface area contributed by atoms with Gasteiger partial charge in [0.25, 0.3) is 5.22 Å². The van der Waals surface area contributed by atoms with Crippen molar-refractivity contribution in [3.63, 3.8) is 0 Å². The maximum absolute atomic E-state index is 6.03. The van der Waals surface area contributed by atoms with E-state index in [2.05, 4.69) is 32.4 Å². The molecule has 2 heterocycles. The Bertz CT molecular complexity index is 495. The summed E-state index contributed by atoms with van der Waals surface area (Å²) in [6.07, 6.45) is 1.66. The van der Waals surface area contributed by atoms with Crippen LogP contribution in [0, 0.1) is 6.92 Å². The first-order valence-corrected chi connectivity index (χ1v) is 7.70. The first-order chi connectivity index (χ1) is 8.06. The number of oxazole rings is 1. The number of thioether (sulfide) groups is 1. The normalized spacial score (nSPS) is 14.8. The Morgan fingerprint density at radius 3 is 2.82 bits per heavy atom. The maximum atomic E-state index is 6.03. The van der Waals surface area contributed by atoms with E-state index in [4.69, 9.17) is 10.2 Å². The summed E-state index contributed by atoms with van der Waals surface area (Å²) < 4.78 is 6.45. The molecule has 2 aromatic rings. The molecule has 0 fully saturated rings. The predicted molar refractivity (Wildman–Crippen MR) is 75.5 cm³/mol. The highest BCUT2D eigenvalue weighted by molar-refractivity contribution is 9.10. The van der Waals surface area contributed by atoms with Crippen LogP contribution in [0.15, 0.2) is 31.8 Å². The summed E-state index contributed by atoms with van der Waals surface area (Å²) in [7, 11) is 0. The summed E-state index contributed by atoms with van der Waals surface area (Å²) in [6.45, 7) is 3.91. The average molecular weight is 333 g/mol. The average Bonchev–Trinajstić information content (AvgIpc) is 2.83. The number of nitrogens with zero attached hydrogens (tertiary/aromatic N) is 1. The molecule has 2 rings (SSSR count). The Morgan fingerprint density at radius 1 is 1.59 bits per heavy atom. The van der Waals surface area contributed by atoms with E-state index in [0.717, 1.165) is 10.2 Å². The Kier molecular flexibility index (Phi) is 4.30. The molecule has 0 saturated heterocycles. The predicted octanol–water partition coefficient (Wildman–Crippen LogP) is 3.99. The van der Waals surface area contributed by atoms with Crippen LogP contribution in [0.25, 0.3) is 0 Å². The molecular weight excluding hydrogens is 320 g/mol. The lowest BCUT2D eigenvalue weighted by atomic mass is 10.2. The lowest BCUT2D eigenvalue weighted by Gasteiger charge is -2.16. The van der Waals surface area contributed by atoms with Gasteiger partial charge >= 0.3 is 0 Å². The van der Waals surface area contributed by atoms with Crippen LogP contribution in [0.2, 0.25) is 0 Å². The standard InChI is InChI=1S/C11H13BrN2OS2/c1-6-4-15-11(14-6)17-10(7(2)13)9-3-8(12)5-16-9/h3-5,7,10H,13H2,1-2H3. The Hall–Kier alpha value is -0.300. The molecule has 2 unspecified atom stereocenters. The van der Waals surface area contributed by atoms with Crippen molar-refractivity contribution < 1.29 is 4.42 Å². The number of aryl methyl sites for hydroxylation is 1. The third-order valence-corrected chi connectivity index (χ3v) is 5.42. The molecule has 0 aromatic carbocycles. The molecular formula is C11H13BrN2OS2. The van der Waals surface area contributed by atoms with Gasteiger partial charge in [0.2, 0.25) is 0 Å². The fraction of sp³-hybridized carbons (Fsp3) is 0.364. The van der Waals surface area contributed by atoms with Crippen molar-refractivity contribution >= 4 is 39.0 Å². The molecule has 0 bridgehead atoms. The quantitative estimate of drug-likeness (QED) is 0.860. The molecule has 2 aromatic heterocycles. The van der Waals surface area contributed by atoms with Crippen LogP contribution in [-0.4, -0.2) is 11.0 Å². The van der Waals surface area contributed by atoms with E-state index in [0.29, 0.717) is 5.22 Å². The van der Waals surface area contributed by atoms with Gasteiger partial charge in [0.1, 0.15) is 6.26 Å². The van der Waals surface area contributed by atoms with Gasteiger partial charge in [0.15, 0.2) is 0 Å². The van der Waals surface area contributed by atoms with Crippen molar-refractivity contribution in [2.75, 3.05) is 0 Å². The van der Waals surface area contributed by atoms with Crippen molar-refractivity contribution in [3.05, 3.63) is 32.8 Å². The second kappa shape index (κ2) is 5.56. The van der Waals surface area contributed by atoms with E-state index in [9.17, 15) is 0 Å². The molecule has 3 nitrogen and oxygen atoms in total. The van der Waals surface area contributed by atoms with Gasteiger partial charge in [0.05, 0.1) is 10.9 Å². The summed E-state index contributed by atoms with van der Waals surface area (Å²) in [6, 6.07) is 2.14. The van der Waals surface area contributed by atoms with Crippen LogP contribution < -0.4 is 5.73 Å². The largest absolute Gasteiger partial charge is 0.440 e. The van der Waals surface area contributed by atoms with Crippen LogP contribution >= 0.6 is 39.0 Å². The minimum absolute atomic E-state index is 0.0396. The smallest absolute Gasteiger partial charge is 0.256 e. The van der Waals surface area contributed by atoms with E-state index in [1.54, 1.807) is 29.4 Å². The number of hydrogen-bond donors (Lipinski definition) is 1. The van der Waals surface area contributed by atoms with Crippen molar-refractivity contribution in [1.29, 1.82) is 0 Å². The van der Waals surface area contributed by atoms with Gasteiger partial charge in [-0.1, -0.05) is 11.8 Å². The van der Waals surface area contributed by atoms with Crippen LogP contribution in [0.3, 0.4) is 0 Å². The fourth-order valence-electron chi connectivity index (χ4n) is 1.40. The molecule has 0 saturated carbocycles. The van der Waals surface area contributed by atoms with Crippen LogP contribution in [-0.2, 0) is 0 Å². The number of thiophene rings is 1. The zero-order chi connectivity index (χ0) is 12.4. The van der Waals surface area contributed by atoms with Gasteiger partial charge in [-0.2, -0.15) is 0 Å². The molecule has 2 N–H and O–H groups in total. The fourth-order valence-corrected chi connectivity index (χ4v) is 4.16. The zero-order valence-electron chi connectivity index (χ0n) is 9.51. The summed E-state index contributed by atoms with van der Waals surface area (Å²) >= 11 is 6.73. The Labute approximate surface area is 117 Å². The number of halogens is 1. The number of aromatic nitrogens is 1. The molecule has 0 aliphatic rings. The SMILES string of the molecule is Cc1coc(SC(c2cc(Br)cs2)C(C)N)n1. The lowest BCUT2D eigenvalue weighted by Crippen LogP contribution is -2.21. The van der Waals surface area contributed by atoms with Gasteiger partial charge in [-0.05, 0) is 35.8 Å². The summed E-state index contributed by atoms with van der Waals surface area (Å²) in [4.78, 5) is 5.53. The highest BCUT2D eigenvalue weighted by Crippen LogP contribution is 2.40. The molecule has 17 heavy (non-hydrogen) atoms. The van der Waals surface area contributed by atoms with Crippen LogP contribution in [0.5, 0.6) is 0 Å². The Morgan fingerprint density at radius 2 is 2.35 bits per heavy atom. The molecule has 92 valence electrons. The van der Waals surface area contributed by atoms with Crippen molar-refractivity contribution in [2.24, 2.45) is 5.73 Å². The molecule has 2 atom stereocenters. The van der Waals surface area contributed by atoms with E-state index in [1.165, 1.54) is 4.88 Å². The maximum Gasteiger partial charge on any atom is 0.256 e. The Balaban J connectivity index is 2.18. The van der Waals surface area contributed by atoms with Crippen molar-refractivity contribution in [1.82, 2.24) is 4.98 Å². The van der Waals surface area contributed by atoms with Gasteiger partial charge in [-0.3, -0.25) is 0 Å². The van der Waals surface area contributed by atoms with E-state index >= 15 is 0 Å². The first kappa shape index (κ1) is 13.1. The highest BCUT2D eigenvalue weighted by Gasteiger charge is 2.21. The number of rotatable bonds is 4. The highest BCUT2D eigenvalue weighted by atomic mass is 79.9. The minimum Gasteiger partial charge on any atom is -0.440 e. The topological polar surface area (TPSA) is 52.0 Å². The van der Waals surface area contributed by atoms with Gasteiger partial charge in [-0.15, -0.1) is 11.3 Å². The third kappa shape index (κ3) is 3.34. The van der Waals surface area contributed by atoms with E-state index in [-0.39, 0.29) is 11.3 Å². The second-order valence-electron chi connectivity index (χ2n) is 3.82. The van der Waals surface area contributed by atoms with E-state index < -0.39 is 0 Å². The van der Waals surface area contributed by atoms with Crippen LogP contribution in [0.1, 0.15) is 22.7 Å². The molecule has 0 spiro atoms. The molecule has 0 aliphatic heterocycles. The van der Waals surface area contributed by atoms with Crippen molar-refractivity contribution in [3.8, 4) is 0 Å². The van der Waals surface area contributed by atoms with Gasteiger partial charge in [0, 0.05) is 20.8 Å². The minimum atomic E-state index is 0.0396. The van der Waals surface area contributed by atoms with Gasteiger partial charge in [-0.25, -0.2) is 4.98 Å². The lowest BCUT2D eigenvalue weighted by molar-refractivity contribution is 0.452. The van der Waals surface area contributed by atoms with E-state index in [1.807, 2.05) is 13.8 Å². The zero-order valence-corrected chi connectivity index (χ0v) is 12.7. The molecule has 0 radical (unpaired) electrons. The molecule has 6 heteroatoms. The molecule has 0 aliphatic carbocycles. The van der Waals surface area contributed by atoms with Gasteiger partial charge < -0.3 is 10.2 Å². The number of nitrogens with two attached hydrogens (primary N) is 1. The second-order valence-corrected chi connectivity index (χ2v) is 6.77. The molecule has 0 amide bonds. The van der Waals surface area contributed by atoms with Crippen molar-refractivity contribution in [2.45, 2.75) is 30.4 Å². The van der Waals surface area contributed by atoms with Crippen LogP contribution in [0.4, 0.5) is 0 Å². The monoisotopic (exact) mass is 332 g/mol. The summed E-state index contributed by atoms with van der Waals surface area (Å²) in [5.41, 5.74) is 6.93. The summed E-state index contributed by atoms with van der Waals surface area (Å²) in [5.74, 6) is 0.